The molecule has 2 saturated carbocycles. The molecule has 2 N–H and O–H groups in total. The molecule has 2 fully saturated rings. The molecule has 0 unspecified atom stereocenters. The van der Waals surface area contributed by atoms with Gasteiger partial charge in [0.15, 0.2) is 0 Å². The van der Waals surface area contributed by atoms with Crippen LogP contribution in [0.25, 0.3) is 0 Å². The van der Waals surface area contributed by atoms with Crippen LogP contribution in [-0.4, -0.2) is 0 Å². The molecule has 0 atom stereocenters. The smallest absolute Gasteiger partial charge is 0.0444 e. The lowest BCUT2D eigenvalue weighted by molar-refractivity contribution is 0.443. The second-order valence-electron chi connectivity index (χ2n) is 5.73. The Labute approximate surface area is 108 Å². The van der Waals surface area contributed by atoms with Crippen molar-refractivity contribution in [3.8, 4) is 0 Å². The molecule has 0 amide bonds. The Kier molecular flexibility index (Phi) is 2.92. The molecule has 0 spiro atoms. The van der Waals surface area contributed by atoms with Crippen LogP contribution in [0.5, 0.6) is 0 Å². The van der Waals surface area contributed by atoms with Gasteiger partial charge in [-0.2, -0.15) is 0 Å². The van der Waals surface area contributed by atoms with Gasteiger partial charge in [0, 0.05) is 10.6 Å². The summed E-state index contributed by atoms with van der Waals surface area (Å²) in [5, 5.41) is 0.936. The highest BCUT2D eigenvalue weighted by Crippen LogP contribution is 2.45. The SMILES string of the molecule is NC1(c2ccc(C3CCCCC3)c(Cl)c2)CC1. The lowest BCUT2D eigenvalue weighted by atomic mass is 9.83. The Bertz CT molecular complexity index is 417. The highest BCUT2D eigenvalue weighted by molar-refractivity contribution is 6.31. The molecule has 0 bridgehead atoms. The predicted octanol–water partition coefficient (Wildman–Crippen LogP) is 4.34. The van der Waals surface area contributed by atoms with E-state index in [1.54, 1.807) is 0 Å². The van der Waals surface area contributed by atoms with Crippen molar-refractivity contribution in [2.24, 2.45) is 5.73 Å². The molecule has 3 rings (SSSR count). The first-order valence-electron chi connectivity index (χ1n) is 6.78. The van der Waals surface area contributed by atoms with Crippen molar-refractivity contribution in [1.29, 1.82) is 0 Å². The van der Waals surface area contributed by atoms with Gasteiger partial charge in [0.25, 0.3) is 0 Å². The van der Waals surface area contributed by atoms with E-state index in [2.05, 4.69) is 18.2 Å². The maximum absolute atomic E-state index is 6.44. The third kappa shape index (κ3) is 2.23. The molecule has 92 valence electrons. The van der Waals surface area contributed by atoms with Gasteiger partial charge in [0.2, 0.25) is 0 Å². The molecule has 1 aromatic rings. The van der Waals surface area contributed by atoms with Crippen molar-refractivity contribution in [2.45, 2.75) is 56.4 Å². The van der Waals surface area contributed by atoms with E-state index >= 15 is 0 Å². The summed E-state index contributed by atoms with van der Waals surface area (Å²) in [5.74, 6) is 0.679. The van der Waals surface area contributed by atoms with E-state index in [0.29, 0.717) is 5.92 Å². The summed E-state index contributed by atoms with van der Waals surface area (Å²) >= 11 is 6.44. The van der Waals surface area contributed by atoms with Crippen LogP contribution in [0.15, 0.2) is 18.2 Å². The molecule has 17 heavy (non-hydrogen) atoms. The van der Waals surface area contributed by atoms with Crippen LogP contribution in [0.3, 0.4) is 0 Å². The van der Waals surface area contributed by atoms with Gasteiger partial charge in [-0.25, -0.2) is 0 Å². The molecule has 2 aliphatic carbocycles. The minimum atomic E-state index is -0.0608. The number of benzene rings is 1. The van der Waals surface area contributed by atoms with Crippen LogP contribution in [0.4, 0.5) is 0 Å². The topological polar surface area (TPSA) is 26.0 Å². The summed E-state index contributed by atoms with van der Waals surface area (Å²) in [6, 6.07) is 6.53. The fourth-order valence-electron chi connectivity index (χ4n) is 3.00. The third-order valence-corrected chi connectivity index (χ3v) is 4.74. The monoisotopic (exact) mass is 249 g/mol. The van der Waals surface area contributed by atoms with Crippen molar-refractivity contribution in [1.82, 2.24) is 0 Å². The summed E-state index contributed by atoms with van der Waals surface area (Å²) in [7, 11) is 0. The van der Waals surface area contributed by atoms with Crippen molar-refractivity contribution in [2.75, 3.05) is 0 Å². The average molecular weight is 250 g/mol. The van der Waals surface area contributed by atoms with Crippen LogP contribution in [0, 0.1) is 0 Å². The summed E-state index contributed by atoms with van der Waals surface area (Å²) in [6.45, 7) is 0. The quantitative estimate of drug-likeness (QED) is 0.829. The first-order chi connectivity index (χ1) is 8.19. The fourth-order valence-corrected chi connectivity index (χ4v) is 3.34. The maximum atomic E-state index is 6.44. The molecule has 0 aliphatic heterocycles. The van der Waals surface area contributed by atoms with E-state index in [1.807, 2.05) is 0 Å². The first kappa shape index (κ1) is 11.6. The van der Waals surface area contributed by atoms with Gasteiger partial charge in [-0.15, -0.1) is 0 Å². The summed E-state index contributed by atoms with van der Waals surface area (Å²) in [6.07, 6.45) is 8.89. The molecule has 1 aromatic carbocycles. The second-order valence-corrected chi connectivity index (χ2v) is 6.13. The van der Waals surface area contributed by atoms with Gasteiger partial charge in [-0.3, -0.25) is 0 Å². The van der Waals surface area contributed by atoms with Crippen molar-refractivity contribution < 1.29 is 0 Å². The first-order valence-corrected chi connectivity index (χ1v) is 7.16. The van der Waals surface area contributed by atoms with E-state index in [0.717, 1.165) is 17.9 Å². The Morgan fingerprint density at radius 2 is 1.82 bits per heavy atom. The number of hydrogen-bond acceptors (Lipinski definition) is 1. The summed E-state index contributed by atoms with van der Waals surface area (Å²) in [5.41, 5.74) is 8.72. The Balaban J connectivity index is 1.85. The molecular formula is C15H20ClN. The van der Waals surface area contributed by atoms with Crippen LogP contribution in [0.2, 0.25) is 5.02 Å². The van der Waals surface area contributed by atoms with E-state index in [4.69, 9.17) is 17.3 Å². The zero-order chi connectivity index (χ0) is 11.9. The summed E-state index contributed by atoms with van der Waals surface area (Å²) < 4.78 is 0. The predicted molar refractivity (Wildman–Crippen MR) is 72.4 cm³/mol. The Morgan fingerprint density at radius 1 is 1.12 bits per heavy atom. The van der Waals surface area contributed by atoms with Crippen molar-refractivity contribution in [3.63, 3.8) is 0 Å². The zero-order valence-electron chi connectivity index (χ0n) is 10.2. The largest absolute Gasteiger partial charge is 0.321 e. The Morgan fingerprint density at radius 3 is 2.41 bits per heavy atom. The van der Waals surface area contributed by atoms with Gasteiger partial charge < -0.3 is 5.73 Å². The van der Waals surface area contributed by atoms with E-state index in [9.17, 15) is 0 Å². The van der Waals surface area contributed by atoms with Crippen molar-refractivity contribution >= 4 is 11.6 Å². The van der Waals surface area contributed by atoms with Crippen molar-refractivity contribution in [3.05, 3.63) is 34.3 Å². The summed E-state index contributed by atoms with van der Waals surface area (Å²) in [4.78, 5) is 0. The molecule has 0 saturated heterocycles. The van der Waals surface area contributed by atoms with Gasteiger partial charge in [-0.05, 0) is 48.8 Å². The van der Waals surface area contributed by atoms with Crippen LogP contribution >= 0.6 is 11.6 Å². The molecule has 2 heteroatoms. The average Bonchev–Trinajstić information content (AvgIpc) is 3.10. The van der Waals surface area contributed by atoms with E-state index in [-0.39, 0.29) is 5.54 Å². The van der Waals surface area contributed by atoms with Crippen LogP contribution in [0.1, 0.15) is 62.0 Å². The minimum Gasteiger partial charge on any atom is -0.321 e. The van der Waals surface area contributed by atoms with Crippen LogP contribution < -0.4 is 5.73 Å². The Hall–Kier alpha value is -0.530. The molecule has 1 nitrogen and oxygen atoms in total. The highest BCUT2D eigenvalue weighted by Gasteiger charge is 2.40. The van der Waals surface area contributed by atoms with E-state index in [1.165, 1.54) is 43.2 Å². The normalized spacial score (nSPS) is 23.6. The zero-order valence-corrected chi connectivity index (χ0v) is 11.0. The molecule has 0 radical (unpaired) electrons. The lowest BCUT2D eigenvalue weighted by Gasteiger charge is -2.23. The number of rotatable bonds is 2. The maximum Gasteiger partial charge on any atom is 0.0444 e. The fraction of sp³-hybridized carbons (Fsp3) is 0.600. The van der Waals surface area contributed by atoms with E-state index < -0.39 is 0 Å². The van der Waals surface area contributed by atoms with Gasteiger partial charge >= 0.3 is 0 Å². The standard InChI is InChI=1S/C15H20ClN/c16-14-10-12(15(17)8-9-15)6-7-13(14)11-4-2-1-3-5-11/h6-7,10-11H,1-5,8-9,17H2. The minimum absolute atomic E-state index is 0.0608. The number of nitrogens with two attached hydrogens (primary N) is 1. The van der Waals surface area contributed by atoms with Gasteiger partial charge in [-0.1, -0.05) is 43.0 Å². The molecule has 0 heterocycles. The third-order valence-electron chi connectivity index (χ3n) is 4.41. The number of halogens is 1. The molecular weight excluding hydrogens is 230 g/mol. The van der Waals surface area contributed by atoms with Gasteiger partial charge in [0.05, 0.1) is 0 Å². The second kappa shape index (κ2) is 4.29. The van der Waals surface area contributed by atoms with Crippen LogP contribution in [-0.2, 0) is 5.54 Å². The number of hydrogen-bond donors (Lipinski definition) is 1. The molecule has 2 aliphatic rings. The molecule has 0 aromatic heterocycles. The lowest BCUT2D eigenvalue weighted by Crippen LogP contribution is -2.18. The van der Waals surface area contributed by atoms with Gasteiger partial charge in [0.1, 0.15) is 0 Å². The highest BCUT2D eigenvalue weighted by atomic mass is 35.5.